The Hall–Kier alpha value is -1.80. The number of carbonyl (C=O) groups excluding carboxylic acids is 2. The number of anilines is 2. The Labute approximate surface area is 148 Å². The average molecular weight is 364 g/mol. The molecule has 1 saturated carbocycles. The van der Waals surface area contributed by atoms with Crippen LogP contribution in [0.25, 0.3) is 0 Å². The number of carbonyl (C=O) groups is 2. The largest absolute Gasteiger partial charge is 0.317 e. The first-order valence-corrected chi connectivity index (χ1v) is 9.79. The van der Waals surface area contributed by atoms with Crippen LogP contribution in [0.1, 0.15) is 60.1 Å². The van der Waals surface area contributed by atoms with Gasteiger partial charge in [0.15, 0.2) is 0 Å². The highest BCUT2D eigenvalue weighted by Gasteiger charge is 2.30. The van der Waals surface area contributed by atoms with Crippen molar-refractivity contribution in [3.63, 3.8) is 0 Å². The van der Waals surface area contributed by atoms with E-state index < -0.39 is 0 Å². The summed E-state index contributed by atoms with van der Waals surface area (Å²) in [4.78, 5) is 24.6. The molecule has 2 amide bonds. The number of amides is 2. The van der Waals surface area contributed by atoms with Gasteiger partial charge in [0.1, 0.15) is 5.01 Å². The van der Waals surface area contributed by atoms with Gasteiger partial charge >= 0.3 is 0 Å². The number of rotatable bonds is 7. The zero-order valence-corrected chi connectivity index (χ0v) is 15.3. The molecule has 1 aliphatic carbocycles. The lowest BCUT2D eigenvalue weighted by Crippen LogP contribution is -2.12. The number of aromatic nitrogens is 2. The highest BCUT2D eigenvalue weighted by Crippen LogP contribution is 2.32. The molecular formula is C16H20N4O2S2. The van der Waals surface area contributed by atoms with Crippen LogP contribution < -0.4 is 10.6 Å². The Bertz CT molecular complexity index is 732. The fraction of sp³-hybridized carbons (Fsp3) is 0.500. The number of nitrogens with one attached hydrogen (secondary N) is 2. The zero-order valence-electron chi connectivity index (χ0n) is 13.7. The molecular weight excluding hydrogens is 344 g/mol. The van der Waals surface area contributed by atoms with E-state index in [-0.39, 0.29) is 17.7 Å². The molecule has 0 saturated heterocycles. The smallest absolute Gasteiger partial charge is 0.267 e. The molecule has 2 aromatic rings. The Morgan fingerprint density at radius 2 is 1.92 bits per heavy atom. The van der Waals surface area contributed by atoms with Gasteiger partial charge in [-0.15, -0.1) is 21.5 Å². The molecule has 0 atom stereocenters. The normalized spacial score (nSPS) is 14.0. The van der Waals surface area contributed by atoms with E-state index in [0.29, 0.717) is 20.9 Å². The Kier molecular flexibility index (Phi) is 5.25. The monoisotopic (exact) mass is 364 g/mol. The van der Waals surface area contributed by atoms with Crippen molar-refractivity contribution in [2.45, 2.75) is 45.4 Å². The van der Waals surface area contributed by atoms with Gasteiger partial charge in [-0.3, -0.25) is 14.9 Å². The predicted octanol–water partition coefficient (Wildman–Crippen LogP) is 4.10. The molecule has 2 heterocycles. The van der Waals surface area contributed by atoms with Crippen LogP contribution in [0.2, 0.25) is 0 Å². The summed E-state index contributed by atoms with van der Waals surface area (Å²) in [5, 5.41) is 16.0. The highest BCUT2D eigenvalue weighted by atomic mass is 32.1. The summed E-state index contributed by atoms with van der Waals surface area (Å²) in [6.45, 7) is 4.24. The van der Waals surface area contributed by atoms with Crippen LogP contribution in [0.5, 0.6) is 0 Å². The lowest BCUT2D eigenvalue weighted by Gasteiger charge is -2.05. The molecule has 8 heteroatoms. The Balaban J connectivity index is 1.60. The summed E-state index contributed by atoms with van der Waals surface area (Å²) in [7, 11) is 0. The first kappa shape index (κ1) is 17.0. The molecule has 0 unspecified atom stereocenters. The van der Waals surface area contributed by atoms with Crippen LogP contribution >= 0.6 is 22.7 Å². The van der Waals surface area contributed by atoms with E-state index in [9.17, 15) is 9.59 Å². The summed E-state index contributed by atoms with van der Waals surface area (Å²) in [6, 6.07) is 3.47. The molecule has 6 nitrogen and oxygen atoms in total. The molecule has 1 aliphatic rings. The summed E-state index contributed by atoms with van der Waals surface area (Å²) < 4.78 is 0. The van der Waals surface area contributed by atoms with E-state index in [4.69, 9.17) is 0 Å². The molecule has 0 spiro atoms. The van der Waals surface area contributed by atoms with E-state index in [1.54, 1.807) is 12.1 Å². The molecule has 2 N–H and O–H groups in total. The van der Waals surface area contributed by atoms with Crippen LogP contribution in [0.15, 0.2) is 12.1 Å². The van der Waals surface area contributed by atoms with Gasteiger partial charge in [0.2, 0.25) is 11.0 Å². The molecule has 24 heavy (non-hydrogen) atoms. The van der Waals surface area contributed by atoms with Crippen molar-refractivity contribution < 1.29 is 9.59 Å². The van der Waals surface area contributed by atoms with Crippen LogP contribution in [-0.2, 0) is 4.79 Å². The number of hydrogen-bond acceptors (Lipinski definition) is 6. The molecule has 3 rings (SSSR count). The van der Waals surface area contributed by atoms with Crippen molar-refractivity contribution in [2.75, 3.05) is 10.6 Å². The summed E-state index contributed by atoms with van der Waals surface area (Å²) in [6.07, 6.45) is 3.93. The molecule has 128 valence electrons. The van der Waals surface area contributed by atoms with Crippen molar-refractivity contribution >= 4 is 44.6 Å². The number of nitrogens with zero attached hydrogens (tertiary/aromatic N) is 2. The quantitative estimate of drug-likeness (QED) is 0.774. The molecule has 0 bridgehead atoms. The van der Waals surface area contributed by atoms with Crippen molar-refractivity contribution in [2.24, 2.45) is 5.92 Å². The third-order valence-corrected chi connectivity index (χ3v) is 6.02. The van der Waals surface area contributed by atoms with E-state index in [1.165, 1.54) is 22.7 Å². The maximum absolute atomic E-state index is 12.3. The lowest BCUT2D eigenvalue weighted by molar-refractivity contribution is -0.117. The average Bonchev–Trinajstić information content (AvgIpc) is 3.16. The van der Waals surface area contributed by atoms with E-state index in [2.05, 4.69) is 34.7 Å². The van der Waals surface area contributed by atoms with Crippen LogP contribution in [-0.4, -0.2) is 22.0 Å². The van der Waals surface area contributed by atoms with Gasteiger partial charge in [0, 0.05) is 11.8 Å². The zero-order chi connectivity index (χ0) is 17.1. The van der Waals surface area contributed by atoms with Crippen molar-refractivity contribution in [1.29, 1.82) is 0 Å². The molecule has 2 aromatic heterocycles. The van der Waals surface area contributed by atoms with Crippen molar-refractivity contribution in [1.82, 2.24) is 10.2 Å². The number of thiophene rings is 1. The maximum Gasteiger partial charge on any atom is 0.267 e. The minimum atomic E-state index is -0.223. The van der Waals surface area contributed by atoms with Gasteiger partial charge in [-0.25, -0.2) is 0 Å². The van der Waals surface area contributed by atoms with Crippen molar-refractivity contribution in [3.8, 4) is 0 Å². The Morgan fingerprint density at radius 3 is 2.58 bits per heavy atom. The lowest BCUT2D eigenvalue weighted by atomic mass is 10.1. The fourth-order valence-corrected chi connectivity index (χ4v) is 4.15. The second kappa shape index (κ2) is 7.40. The van der Waals surface area contributed by atoms with Crippen LogP contribution in [0, 0.1) is 5.92 Å². The highest BCUT2D eigenvalue weighted by molar-refractivity contribution is 7.18. The number of hydrogen-bond donors (Lipinski definition) is 2. The first-order chi connectivity index (χ1) is 11.6. The summed E-state index contributed by atoms with van der Waals surface area (Å²) in [5.74, 6) is 0.357. The van der Waals surface area contributed by atoms with Gasteiger partial charge in [-0.05, 0) is 37.8 Å². The summed E-state index contributed by atoms with van der Waals surface area (Å²) >= 11 is 2.69. The van der Waals surface area contributed by atoms with Gasteiger partial charge < -0.3 is 5.32 Å². The van der Waals surface area contributed by atoms with Gasteiger partial charge in [-0.2, -0.15) is 0 Å². The SMILES string of the molecule is CCC(CC)c1nnc(NC(=O)c2ccc(NC(=O)C3CC3)s2)s1. The minimum Gasteiger partial charge on any atom is -0.317 e. The van der Waals surface area contributed by atoms with Crippen LogP contribution in [0.3, 0.4) is 0 Å². The van der Waals surface area contributed by atoms with Crippen LogP contribution in [0.4, 0.5) is 10.1 Å². The maximum atomic E-state index is 12.3. The predicted molar refractivity (Wildman–Crippen MR) is 96.9 cm³/mol. The molecule has 0 aliphatic heterocycles. The minimum absolute atomic E-state index is 0.0442. The van der Waals surface area contributed by atoms with Gasteiger partial charge in [-0.1, -0.05) is 25.2 Å². The summed E-state index contributed by atoms with van der Waals surface area (Å²) in [5.41, 5.74) is 0. The van der Waals surface area contributed by atoms with E-state index >= 15 is 0 Å². The van der Waals surface area contributed by atoms with E-state index in [0.717, 1.165) is 30.7 Å². The van der Waals surface area contributed by atoms with Gasteiger partial charge in [0.05, 0.1) is 9.88 Å². The van der Waals surface area contributed by atoms with Crippen molar-refractivity contribution in [3.05, 3.63) is 22.0 Å². The third-order valence-electron chi connectivity index (χ3n) is 4.02. The third kappa shape index (κ3) is 3.99. The second-order valence-electron chi connectivity index (χ2n) is 5.84. The second-order valence-corrected chi connectivity index (χ2v) is 7.93. The Morgan fingerprint density at radius 1 is 1.17 bits per heavy atom. The fourth-order valence-electron chi connectivity index (χ4n) is 2.34. The topological polar surface area (TPSA) is 84.0 Å². The molecule has 0 radical (unpaired) electrons. The van der Waals surface area contributed by atoms with E-state index in [1.807, 2.05) is 0 Å². The standard InChI is InChI=1S/C16H20N4O2S2/c1-3-9(4-2)15-19-20-16(24-15)18-14(22)11-7-8-12(23-11)17-13(21)10-5-6-10/h7-10H,3-6H2,1-2H3,(H,17,21)(H,18,20,22). The molecule has 0 aromatic carbocycles. The molecule has 1 fully saturated rings. The van der Waals surface area contributed by atoms with Gasteiger partial charge in [0.25, 0.3) is 5.91 Å². The first-order valence-electron chi connectivity index (χ1n) is 8.16.